The molecule has 1 spiro atoms. The van der Waals surface area contributed by atoms with Crippen molar-refractivity contribution in [1.29, 1.82) is 0 Å². The van der Waals surface area contributed by atoms with Crippen LogP contribution >= 0.6 is 23.2 Å². The van der Waals surface area contributed by atoms with Crippen molar-refractivity contribution in [3.8, 4) is 0 Å². The maximum absolute atomic E-state index is 15.8. The monoisotopic (exact) mass is 583 g/mol. The molecular weight excluding hydrogens is 556 g/mol. The smallest absolute Gasteiger partial charge is 0.335 e. The van der Waals surface area contributed by atoms with Gasteiger partial charge in [0.2, 0.25) is 11.8 Å². The third kappa shape index (κ3) is 4.74. The van der Waals surface area contributed by atoms with Crippen molar-refractivity contribution in [3.63, 3.8) is 0 Å². The van der Waals surface area contributed by atoms with Gasteiger partial charge in [0.05, 0.1) is 16.6 Å². The fourth-order valence-corrected chi connectivity index (χ4v) is 6.42. The number of anilines is 2. The van der Waals surface area contributed by atoms with Gasteiger partial charge in [-0.05, 0) is 65.4 Å². The van der Waals surface area contributed by atoms with Crippen molar-refractivity contribution in [2.75, 3.05) is 10.6 Å². The third-order valence-electron chi connectivity index (χ3n) is 7.62. The molecule has 2 heterocycles. The largest absolute Gasteiger partial charge is 0.478 e. The molecule has 0 aliphatic carbocycles. The van der Waals surface area contributed by atoms with E-state index in [4.69, 9.17) is 23.2 Å². The molecule has 3 aromatic rings. The van der Waals surface area contributed by atoms with E-state index < -0.39 is 41.1 Å². The maximum atomic E-state index is 15.8. The summed E-state index contributed by atoms with van der Waals surface area (Å²) in [5.74, 6) is -3.65. The molecule has 2 amide bonds. The van der Waals surface area contributed by atoms with Crippen LogP contribution in [0.2, 0.25) is 10.0 Å². The number of carboxylic acids is 1. The number of fused-ring (bicyclic) bond motifs is 2. The van der Waals surface area contributed by atoms with E-state index in [1.807, 2.05) is 20.8 Å². The Kier molecular flexibility index (Phi) is 7.15. The van der Waals surface area contributed by atoms with Crippen molar-refractivity contribution in [2.45, 2.75) is 50.6 Å². The van der Waals surface area contributed by atoms with Crippen LogP contribution in [0.3, 0.4) is 0 Å². The van der Waals surface area contributed by atoms with Crippen LogP contribution in [0.1, 0.15) is 54.6 Å². The lowest BCUT2D eigenvalue weighted by Gasteiger charge is -2.37. The van der Waals surface area contributed by atoms with Crippen molar-refractivity contribution in [3.05, 3.63) is 93.2 Å². The Morgan fingerprint density at radius 2 is 1.77 bits per heavy atom. The van der Waals surface area contributed by atoms with E-state index in [1.54, 1.807) is 30.3 Å². The van der Waals surface area contributed by atoms with E-state index in [2.05, 4.69) is 16.0 Å². The molecule has 4 N–H and O–H groups in total. The van der Waals surface area contributed by atoms with E-state index in [1.165, 1.54) is 30.3 Å². The lowest BCUT2D eigenvalue weighted by atomic mass is 9.62. The summed E-state index contributed by atoms with van der Waals surface area (Å²) in [5.41, 5.74) is 0.0565. The number of aromatic carboxylic acids is 1. The van der Waals surface area contributed by atoms with Crippen molar-refractivity contribution < 1.29 is 23.9 Å². The Bertz CT molecular complexity index is 1520. The molecule has 208 valence electrons. The van der Waals surface area contributed by atoms with Gasteiger partial charge in [-0.25, -0.2) is 9.18 Å². The first-order valence-electron chi connectivity index (χ1n) is 12.8. The molecule has 0 radical (unpaired) electrons. The lowest BCUT2D eigenvalue weighted by molar-refractivity contribution is -0.122. The summed E-state index contributed by atoms with van der Waals surface area (Å²) < 4.78 is 15.8. The standard InChI is InChI=1S/C30H28Cl2FN3O4/c1-29(2,3)14-22-30(19-12-9-16(31)13-21(19)35-28(30)40)23(18-5-4-6-20(32)24(18)33)25(36-22)26(37)34-17-10-7-15(8-11-17)27(38)39/h4-13,22-23,25,36H,14H2,1-3H3,(H,34,37)(H,35,40)(H,38,39)/t22-,23-,25+,30+/m0/s1. The third-order valence-corrected chi connectivity index (χ3v) is 8.15. The highest BCUT2D eigenvalue weighted by Gasteiger charge is 2.66. The second kappa shape index (κ2) is 10.2. The first-order chi connectivity index (χ1) is 18.8. The molecular formula is C30H28Cl2FN3O4. The molecule has 7 nitrogen and oxygen atoms in total. The van der Waals surface area contributed by atoms with Crippen LogP contribution < -0.4 is 16.0 Å². The van der Waals surface area contributed by atoms with Gasteiger partial charge < -0.3 is 21.1 Å². The molecule has 0 aromatic heterocycles. The van der Waals surface area contributed by atoms with Crippen LogP contribution in [0, 0.1) is 11.2 Å². The predicted octanol–water partition coefficient (Wildman–Crippen LogP) is 6.22. The van der Waals surface area contributed by atoms with E-state index in [0.717, 1.165) is 0 Å². The quantitative estimate of drug-likeness (QED) is 0.285. The highest BCUT2D eigenvalue weighted by Crippen LogP contribution is 2.57. The number of benzene rings is 3. The minimum atomic E-state index is -1.37. The molecule has 2 aliphatic rings. The summed E-state index contributed by atoms with van der Waals surface area (Å²) >= 11 is 12.5. The van der Waals surface area contributed by atoms with E-state index >= 15 is 4.39 Å². The van der Waals surface area contributed by atoms with Crippen LogP contribution in [-0.2, 0) is 15.0 Å². The molecule has 0 bridgehead atoms. The Morgan fingerprint density at radius 3 is 2.42 bits per heavy atom. The molecule has 1 fully saturated rings. The molecule has 3 aromatic carbocycles. The zero-order chi connectivity index (χ0) is 29.0. The first-order valence-corrected chi connectivity index (χ1v) is 13.5. The molecule has 1 saturated heterocycles. The number of nitrogens with one attached hydrogen (secondary N) is 3. The number of rotatable bonds is 5. The maximum Gasteiger partial charge on any atom is 0.335 e. The number of hydrogen-bond donors (Lipinski definition) is 4. The number of halogens is 3. The fraction of sp³-hybridized carbons (Fsp3) is 0.300. The molecule has 0 unspecified atom stereocenters. The van der Waals surface area contributed by atoms with Crippen LogP contribution in [0.5, 0.6) is 0 Å². The Balaban J connectivity index is 1.69. The van der Waals surface area contributed by atoms with Crippen LogP contribution in [0.4, 0.5) is 15.8 Å². The van der Waals surface area contributed by atoms with Gasteiger partial charge in [0, 0.05) is 28.4 Å². The molecule has 0 saturated carbocycles. The number of amides is 2. The van der Waals surface area contributed by atoms with Gasteiger partial charge in [-0.1, -0.05) is 62.2 Å². The van der Waals surface area contributed by atoms with Crippen molar-refractivity contribution in [2.24, 2.45) is 5.41 Å². The highest BCUT2D eigenvalue weighted by atomic mass is 35.5. The minimum Gasteiger partial charge on any atom is -0.478 e. The van der Waals surface area contributed by atoms with E-state index in [-0.39, 0.29) is 27.5 Å². The second-order valence-electron chi connectivity index (χ2n) is 11.5. The van der Waals surface area contributed by atoms with Gasteiger partial charge >= 0.3 is 5.97 Å². The zero-order valence-corrected chi connectivity index (χ0v) is 23.5. The topological polar surface area (TPSA) is 108 Å². The minimum absolute atomic E-state index is 0.0676. The summed E-state index contributed by atoms with van der Waals surface area (Å²) in [6, 6.07) is 13.8. The summed E-state index contributed by atoms with van der Waals surface area (Å²) in [5, 5.41) is 18.7. The molecule has 40 heavy (non-hydrogen) atoms. The van der Waals surface area contributed by atoms with Crippen LogP contribution in [-0.4, -0.2) is 35.0 Å². The van der Waals surface area contributed by atoms with Gasteiger partial charge in [0.25, 0.3) is 0 Å². The van der Waals surface area contributed by atoms with Gasteiger partial charge in [-0.3, -0.25) is 9.59 Å². The molecule has 10 heteroatoms. The van der Waals surface area contributed by atoms with Crippen molar-refractivity contribution >= 4 is 52.4 Å². The van der Waals surface area contributed by atoms with E-state index in [0.29, 0.717) is 28.4 Å². The van der Waals surface area contributed by atoms with Gasteiger partial charge in [-0.2, -0.15) is 0 Å². The molecule has 5 rings (SSSR count). The lowest BCUT2D eigenvalue weighted by Crippen LogP contribution is -2.49. The Morgan fingerprint density at radius 1 is 1.07 bits per heavy atom. The van der Waals surface area contributed by atoms with Crippen molar-refractivity contribution in [1.82, 2.24) is 5.32 Å². The van der Waals surface area contributed by atoms with Gasteiger partial charge in [0.15, 0.2) is 0 Å². The second-order valence-corrected chi connectivity index (χ2v) is 12.3. The van der Waals surface area contributed by atoms with Gasteiger partial charge in [0.1, 0.15) is 11.2 Å². The number of carbonyl (C=O) groups is 3. The van der Waals surface area contributed by atoms with Crippen LogP contribution in [0.25, 0.3) is 0 Å². The first kappa shape index (κ1) is 28.1. The SMILES string of the molecule is CC(C)(C)C[C@@H]1N[C@@H](C(=O)Nc2ccc(C(=O)O)cc2)[C@H](c2cccc(Cl)c2F)[C@]12C(=O)Nc1cc(Cl)ccc12. The number of hydrogen-bond acceptors (Lipinski definition) is 4. The Hall–Kier alpha value is -3.46. The van der Waals surface area contributed by atoms with Gasteiger partial charge in [-0.15, -0.1) is 0 Å². The summed E-state index contributed by atoms with van der Waals surface area (Å²) in [6.45, 7) is 6.10. The average Bonchev–Trinajstić information content (AvgIpc) is 3.35. The molecule has 2 aliphatic heterocycles. The Labute approximate surface area is 241 Å². The summed E-state index contributed by atoms with van der Waals surface area (Å²) in [4.78, 5) is 39.3. The number of carboxylic acid groups (broad SMARTS) is 1. The van der Waals surface area contributed by atoms with Crippen LogP contribution in [0.15, 0.2) is 60.7 Å². The summed E-state index contributed by atoms with van der Waals surface area (Å²) in [7, 11) is 0. The predicted molar refractivity (Wildman–Crippen MR) is 153 cm³/mol. The highest BCUT2D eigenvalue weighted by molar-refractivity contribution is 6.31. The summed E-state index contributed by atoms with van der Waals surface area (Å²) in [6.07, 6.45) is 0.484. The number of carbonyl (C=O) groups excluding carboxylic acids is 2. The van der Waals surface area contributed by atoms with E-state index in [9.17, 15) is 19.5 Å². The fourth-order valence-electron chi connectivity index (χ4n) is 6.07. The normalized spacial score (nSPS) is 23.6. The average molecular weight is 584 g/mol. The molecule has 4 atom stereocenters. The zero-order valence-electron chi connectivity index (χ0n) is 22.0.